The molecule has 0 spiro atoms. The Labute approximate surface area is 617 Å². The fourth-order valence-corrected chi connectivity index (χ4v) is 13.7. The van der Waals surface area contributed by atoms with Crippen LogP contribution >= 0.6 is 0 Å². The second-order valence-corrected chi connectivity index (χ2v) is 29.2. The minimum atomic E-state index is -1.97. The monoisotopic (exact) mass is 1450 g/mol. The second kappa shape index (κ2) is 63.2. The van der Waals surface area contributed by atoms with Crippen LogP contribution in [0.15, 0.2) is 72.9 Å². The predicted octanol–water partition coefficient (Wildman–Crippen LogP) is 14.0. The minimum Gasteiger partial charge on any atom is -0.394 e. The normalized spacial score (nSPS) is 26.5. The average molecular weight is 1450 g/mol. The van der Waals surface area contributed by atoms with Gasteiger partial charge in [0, 0.05) is 6.42 Å². The first-order valence-corrected chi connectivity index (χ1v) is 41.2. The highest BCUT2D eigenvalue weighted by Crippen LogP contribution is 2.33. The Morgan fingerprint density at radius 1 is 0.363 bits per heavy atom. The van der Waals surface area contributed by atoms with Gasteiger partial charge in [-0.05, 0) is 64.2 Å². The molecular formula is C83H149NO18. The van der Waals surface area contributed by atoms with Gasteiger partial charge in [0.1, 0.15) is 73.2 Å². The number of allylic oxidation sites excluding steroid dienone is 12. The molecule has 3 aliphatic heterocycles. The topological polar surface area (TPSA) is 307 Å². The molecule has 12 N–H and O–H groups in total. The van der Waals surface area contributed by atoms with Gasteiger partial charge in [-0.1, -0.05) is 318 Å². The molecule has 0 aromatic rings. The molecule has 3 aliphatic rings. The lowest BCUT2D eigenvalue weighted by atomic mass is 9.96. The number of carbonyl (C=O) groups excluding carboxylic acids is 1. The smallest absolute Gasteiger partial charge is 0.220 e. The van der Waals surface area contributed by atoms with Crippen LogP contribution in [0.25, 0.3) is 0 Å². The number of unbranched alkanes of at least 4 members (excludes halogenated alkanes) is 37. The Hall–Kier alpha value is -2.77. The SMILES string of the molecule is CC/C=C\C/C=C\C/C=C\C/C=C\C/C=C\C/C=C\CCCCCCCCCCCCCCCCCCCCC(=O)NC(COC1OC(CO)C(OC2OC(CO)C(OC3OC(CO)C(O)C(O)C3O)C(O)C2O)C(O)C1O)C(O)CCCCCCCCCCCCCCCCCCCCCC. The third kappa shape index (κ3) is 42.7. The molecule has 0 saturated carbocycles. The van der Waals surface area contributed by atoms with E-state index in [4.69, 9.17) is 28.4 Å². The molecule has 594 valence electrons. The Morgan fingerprint density at radius 3 is 1.06 bits per heavy atom. The maximum Gasteiger partial charge on any atom is 0.220 e. The lowest BCUT2D eigenvalue weighted by Crippen LogP contribution is -2.66. The zero-order chi connectivity index (χ0) is 73.9. The lowest BCUT2D eigenvalue weighted by molar-refractivity contribution is -0.379. The number of ether oxygens (including phenoxy) is 6. The molecule has 3 rings (SSSR count). The van der Waals surface area contributed by atoms with Crippen LogP contribution in [0.3, 0.4) is 0 Å². The molecular weight excluding hydrogens is 1300 g/mol. The standard InChI is InChI=1S/C83H149NO18/c1-3-5-7-9-11-13-15-17-19-21-23-25-26-27-28-29-30-31-32-33-34-35-36-37-38-39-40-41-43-45-47-49-51-53-55-57-59-61-71(89)84-66(67(88)60-58-56-54-52-50-48-46-44-42-24-22-20-18-16-14-12-10-8-6-4-2)65-97-81-77(95)74(92)79(69(63-86)99-81)102-83-78(96)75(93)80(70(64-87)100-83)101-82-76(94)73(91)72(90)68(62-85)98-82/h5,7,11,13,17,19,23,25,27-28,30-31,66-70,72-83,85-88,90-96H,3-4,6,8-10,12,14-16,18,20-22,24,26,29,32-65H2,1-2H3,(H,84,89)/b7-5-,13-11-,19-17-,25-23-,28-27-,31-30-. The van der Waals surface area contributed by atoms with E-state index >= 15 is 0 Å². The number of carbonyl (C=O) groups is 1. The number of hydrogen-bond donors (Lipinski definition) is 12. The summed E-state index contributed by atoms with van der Waals surface area (Å²) in [5, 5.41) is 121. The highest BCUT2D eigenvalue weighted by atomic mass is 16.8. The van der Waals surface area contributed by atoms with Crippen LogP contribution in [-0.2, 0) is 33.2 Å². The van der Waals surface area contributed by atoms with E-state index in [2.05, 4.69) is 92.1 Å². The number of aliphatic hydroxyl groups is 11. The number of rotatable bonds is 65. The Kier molecular flexibility index (Phi) is 57.9. The number of nitrogens with one attached hydrogen (secondary N) is 1. The van der Waals surface area contributed by atoms with Gasteiger partial charge in [0.25, 0.3) is 0 Å². The second-order valence-electron chi connectivity index (χ2n) is 29.2. The number of amides is 1. The minimum absolute atomic E-state index is 0.239. The van der Waals surface area contributed by atoms with Crippen molar-refractivity contribution in [2.75, 3.05) is 26.4 Å². The first-order valence-electron chi connectivity index (χ1n) is 41.2. The summed E-state index contributed by atoms with van der Waals surface area (Å²) in [6, 6.07) is -0.890. The molecule has 0 bridgehead atoms. The molecule has 19 heteroatoms. The summed E-state index contributed by atoms with van der Waals surface area (Å²) in [4.78, 5) is 13.5. The van der Waals surface area contributed by atoms with Crippen LogP contribution in [0.4, 0.5) is 0 Å². The molecule has 0 aliphatic carbocycles. The number of aliphatic hydroxyl groups excluding tert-OH is 11. The Morgan fingerprint density at radius 2 is 0.676 bits per heavy atom. The van der Waals surface area contributed by atoms with E-state index in [0.717, 1.165) is 83.5 Å². The highest BCUT2D eigenvalue weighted by molar-refractivity contribution is 5.76. The molecule has 102 heavy (non-hydrogen) atoms. The molecule has 0 aromatic heterocycles. The zero-order valence-corrected chi connectivity index (χ0v) is 63.6. The third-order valence-corrected chi connectivity index (χ3v) is 20.3. The number of hydrogen-bond acceptors (Lipinski definition) is 18. The summed E-state index contributed by atoms with van der Waals surface area (Å²) in [7, 11) is 0. The van der Waals surface area contributed by atoms with Crippen LogP contribution < -0.4 is 5.32 Å². The Balaban J connectivity index is 1.32. The molecule has 17 unspecified atom stereocenters. The van der Waals surface area contributed by atoms with Crippen LogP contribution in [0, 0.1) is 0 Å². The van der Waals surface area contributed by atoms with Crippen molar-refractivity contribution in [3.05, 3.63) is 72.9 Å². The summed E-state index contributed by atoms with van der Waals surface area (Å²) >= 11 is 0. The third-order valence-electron chi connectivity index (χ3n) is 20.3. The molecule has 3 fully saturated rings. The van der Waals surface area contributed by atoms with Crippen molar-refractivity contribution in [2.24, 2.45) is 0 Å². The summed E-state index contributed by atoms with van der Waals surface area (Å²) < 4.78 is 34.5. The summed E-state index contributed by atoms with van der Waals surface area (Å²) in [6.45, 7) is 1.72. The van der Waals surface area contributed by atoms with Gasteiger partial charge in [0.2, 0.25) is 5.91 Å². The summed E-state index contributed by atoms with van der Waals surface area (Å²) in [5.41, 5.74) is 0. The van der Waals surface area contributed by atoms with Gasteiger partial charge < -0.3 is 89.9 Å². The van der Waals surface area contributed by atoms with Crippen molar-refractivity contribution in [3.63, 3.8) is 0 Å². The van der Waals surface area contributed by atoms with Crippen molar-refractivity contribution in [3.8, 4) is 0 Å². The van der Waals surface area contributed by atoms with E-state index in [1.807, 2.05) is 0 Å². The maximum absolute atomic E-state index is 13.5. The van der Waals surface area contributed by atoms with E-state index in [0.29, 0.717) is 12.8 Å². The summed E-state index contributed by atoms with van der Waals surface area (Å²) in [6.07, 6.45) is 55.6. The van der Waals surface area contributed by atoms with Crippen molar-refractivity contribution in [1.29, 1.82) is 0 Å². The van der Waals surface area contributed by atoms with Crippen molar-refractivity contribution < 1.29 is 89.4 Å². The fourth-order valence-electron chi connectivity index (χ4n) is 13.7. The van der Waals surface area contributed by atoms with E-state index < -0.39 is 124 Å². The summed E-state index contributed by atoms with van der Waals surface area (Å²) in [5.74, 6) is -0.239. The van der Waals surface area contributed by atoms with Crippen LogP contribution in [-0.4, -0.2) is 193 Å². The van der Waals surface area contributed by atoms with Gasteiger partial charge in [-0.2, -0.15) is 0 Å². The quantitative estimate of drug-likeness (QED) is 0.0199. The van der Waals surface area contributed by atoms with Crippen LogP contribution in [0.5, 0.6) is 0 Å². The van der Waals surface area contributed by atoms with Gasteiger partial charge in [-0.25, -0.2) is 0 Å². The largest absolute Gasteiger partial charge is 0.394 e. The van der Waals surface area contributed by atoms with E-state index in [1.165, 1.54) is 199 Å². The molecule has 1 amide bonds. The highest BCUT2D eigenvalue weighted by Gasteiger charge is 2.54. The molecule has 3 heterocycles. The first kappa shape index (κ1) is 93.4. The fraction of sp³-hybridized carbons (Fsp3) is 0.843. The van der Waals surface area contributed by atoms with Crippen molar-refractivity contribution in [1.82, 2.24) is 5.32 Å². The zero-order valence-electron chi connectivity index (χ0n) is 63.6. The van der Waals surface area contributed by atoms with Crippen LogP contribution in [0.2, 0.25) is 0 Å². The molecule has 17 atom stereocenters. The van der Waals surface area contributed by atoms with E-state index in [-0.39, 0.29) is 18.9 Å². The first-order chi connectivity index (χ1) is 49.8. The van der Waals surface area contributed by atoms with E-state index in [9.17, 15) is 61.0 Å². The van der Waals surface area contributed by atoms with E-state index in [1.54, 1.807) is 0 Å². The van der Waals surface area contributed by atoms with Crippen molar-refractivity contribution in [2.45, 2.75) is 420 Å². The van der Waals surface area contributed by atoms with Crippen molar-refractivity contribution >= 4 is 5.91 Å². The van der Waals surface area contributed by atoms with Gasteiger partial charge >= 0.3 is 0 Å². The predicted molar refractivity (Wildman–Crippen MR) is 406 cm³/mol. The maximum atomic E-state index is 13.5. The molecule has 19 nitrogen and oxygen atoms in total. The molecule has 0 aromatic carbocycles. The van der Waals surface area contributed by atoms with Crippen LogP contribution in [0.1, 0.15) is 316 Å². The molecule has 0 radical (unpaired) electrons. The van der Waals surface area contributed by atoms with Gasteiger partial charge in [-0.3, -0.25) is 4.79 Å². The lowest BCUT2D eigenvalue weighted by Gasteiger charge is -2.48. The van der Waals surface area contributed by atoms with Gasteiger partial charge in [0.05, 0.1) is 38.6 Å². The average Bonchev–Trinajstić information content (AvgIpc) is 0.778. The van der Waals surface area contributed by atoms with Gasteiger partial charge in [-0.15, -0.1) is 0 Å². The molecule has 3 saturated heterocycles. The van der Waals surface area contributed by atoms with Gasteiger partial charge in [0.15, 0.2) is 18.9 Å². The Bertz CT molecular complexity index is 2120.